The molecule has 0 aliphatic carbocycles. The van der Waals surface area contributed by atoms with Gasteiger partial charge in [0.2, 0.25) is 10.0 Å². The van der Waals surface area contributed by atoms with Crippen LogP contribution < -0.4 is 0 Å². The van der Waals surface area contributed by atoms with Crippen molar-refractivity contribution < 1.29 is 27.5 Å². The summed E-state index contributed by atoms with van der Waals surface area (Å²) in [4.78, 5) is 31.7. The molecule has 0 bridgehead atoms. The number of nitrogens with zero attached hydrogens (tertiary/aromatic N) is 2. The minimum atomic E-state index is -3.61. The number of pyridine rings is 1. The number of hydrogen-bond donors (Lipinski definition) is 1. The van der Waals surface area contributed by atoms with Crippen LogP contribution in [0.4, 0.5) is 0 Å². The molecular formula is C19H23N3O6S2. The zero-order valence-corrected chi connectivity index (χ0v) is 18.6. The topological polar surface area (TPSA) is 119 Å². The Kier molecular flexibility index (Phi) is 6.96. The van der Waals surface area contributed by atoms with E-state index in [9.17, 15) is 18.0 Å². The summed E-state index contributed by atoms with van der Waals surface area (Å²) in [7, 11) is -2.31. The van der Waals surface area contributed by atoms with Gasteiger partial charge in [-0.15, -0.1) is 0 Å². The van der Waals surface area contributed by atoms with E-state index < -0.39 is 16.0 Å². The van der Waals surface area contributed by atoms with Gasteiger partial charge in [-0.3, -0.25) is 4.79 Å². The molecular weight excluding hydrogens is 430 g/mol. The molecule has 0 saturated carbocycles. The number of aromatic amines is 1. The number of sulfonamides is 1. The maximum absolute atomic E-state index is 12.6. The molecule has 0 spiro atoms. The van der Waals surface area contributed by atoms with E-state index in [0.717, 1.165) is 0 Å². The van der Waals surface area contributed by atoms with Crippen LogP contribution in [0.25, 0.3) is 0 Å². The van der Waals surface area contributed by atoms with Crippen LogP contribution in [0.15, 0.2) is 28.3 Å². The summed E-state index contributed by atoms with van der Waals surface area (Å²) in [6, 6.07) is 3.07. The van der Waals surface area contributed by atoms with Crippen molar-refractivity contribution >= 4 is 33.5 Å². The molecule has 2 aromatic rings. The molecule has 0 aromatic carbocycles. The summed E-state index contributed by atoms with van der Waals surface area (Å²) >= 11 is 1.19. The van der Waals surface area contributed by atoms with Crippen molar-refractivity contribution in [2.24, 2.45) is 0 Å². The van der Waals surface area contributed by atoms with E-state index in [1.807, 2.05) is 0 Å². The Labute approximate surface area is 179 Å². The molecule has 1 fully saturated rings. The molecule has 30 heavy (non-hydrogen) atoms. The number of carbonyl (C=O) groups excluding carboxylic acids is 2. The number of methoxy groups -OCH3 is 1. The lowest BCUT2D eigenvalue weighted by atomic mass is 10.1. The molecule has 3 rings (SSSR count). The summed E-state index contributed by atoms with van der Waals surface area (Å²) in [5.74, 6) is -0.599. The average molecular weight is 454 g/mol. The fraction of sp³-hybridized carbons (Fsp3) is 0.421. The fourth-order valence-electron chi connectivity index (χ4n) is 3.19. The standard InChI is InChI=1S/C19H23N3O6S2/c1-12-17(19(24)27-3)13(2)21-18(12)15(23)11-29-16-5-4-14(10-20-16)30(25,26)22-6-8-28-9-7-22/h4-5,10,21H,6-9,11H2,1-3H3. The molecule has 3 heterocycles. The van der Waals surface area contributed by atoms with E-state index in [1.165, 1.54) is 35.4 Å². The second-order valence-electron chi connectivity index (χ2n) is 6.68. The van der Waals surface area contributed by atoms with Crippen molar-refractivity contribution in [2.75, 3.05) is 39.2 Å². The lowest BCUT2D eigenvalue weighted by Gasteiger charge is -2.25. The lowest BCUT2D eigenvalue weighted by Crippen LogP contribution is -2.40. The number of morpholine rings is 1. The minimum absolute atomic E-state index is 0.0873. The predicted octanol–water partition coefficient (Wildman–Crippen LogP) is 1.81. The minimum Gasteiger partial charge on any atom is -0.465 e. The highest BCUT2D eigenvalue weighted by Crippen LogP contribution is 2.24. The highest BCUT2D eigenvalue weighted by Gasteiger charge is 2.27. The number of ether oxygens (including phenoxy) is 2. The Hall–Kier alpha value is -2.21. The maximum atomic E-state index is 12.6. The quantitative estimate of drug-likeness (QED) is 0.383. The van der Waals surface area contributed by atoms with Crippen molar-refractivity contribution in [3.05, 3.63) is 40.8 Å². The third kappa shape index (κ3) is 4.59. The van der Waals surface area contributed by atoms with Gasteiger partial charge in [0.15, 0.2) is 5.78 Å². The molecule has 0 unspecified atom stereocenters. The van der Waals surface area contributed by atoms with E-state index in [2.05, 4.69) is 9.97 Å². The van der Waals surface area contributed by atoms with Crippen LogP contribution in [-0.4, -0.2) is 73.6 Å². The molecule has 1 aliphatic rings. The number of esters is 1. The molecule has 0 atom stereocenters. The van der Waals surface area contributed by atoms with Crippen LogP contribution in [0, 0.1) is 13.8 Å². The van der Waals surface area contributed by atoms with Gasteiger partial charge in [0.05, 0.1) is 42.4 Å². The number of nitrogens with one attached hydrogen (secondary N) is 1. The first kappa shape index (κ1) is 22.5. The fourth-order valence-corrected chi connectivity index (χ4v) is 5.26. The van der Waals surface area contributed by atoms with Gasteiger partial charge < -0.3 is 14.5 Å². The van der Waals surface area contributed by atoms with Crippen molar-refractivity contribution in [1.82, 2.24) is 14.3 Å². The summed E-state index contributed by atoms with van der Waals surface area (Å²) in [6.45, 7) is 4.78. The van der Waals surface area contributed by atoms with Gasteiger partial charge in [-0.1, -0.05) is 11.8 Å². The highest BCUT2D eigenvalue weighted by molar-refractivity contribution is 7.99. The SMILES string of the molecule is COC(=O)c1c(C)[nH]c(C(=O)CSc2ccc(S(=O)(=O)N3CCOCC3)cn2)c1C. The number of aromatic nitrogens is 2. The van der Waals surface area contributed by atoms with Gasteiger partial charge in [0.25, 0.3) is 0 Å². The summed E-state index contributed by atoms with van der Waals surface area (Å²) in [6.07, 6.45) is 1.30. The normalized spacial score (nSPS) is 15.2. The molecule has 1 aliphatic heterocycles. The van der Waals surface area contributed by atoms with Gasteiger partial charge in [0.1, 0.15) is 4.90 Å². The number of carbonyl (C=O) groups is 2. The van der Waals surface area contributed by atoms with E-state index in [-0.39, 0.29) is 16.4 Å². The number of ketones is 1. The monoisotopic (exact) mass is 453 g/mol. The van der Waals surface area contributed by atoms with Gasteiger partial charge in [0, 0.05) is 25.0 Å². The lowest BCUT2D eigenvalue weighted by molar-refractivity contribution is 0.0599. The Morgan fingerprint density at radius 1 is 1.27 bits per heavy atom. The smallest absolute Gasteiger partial charge is 0.339 e. The molecule has 1 N–H and O–H groups in total. The number of H-pyrrole nitrogens is 1. The Morgan fingerprint density at radius 2 is 1.97 bits per heavy atom. The van der Waals surface area contributed by atoms with Crippen LogP contribution in [0.2, 0.25) is 0 Å². The molecule has 0 radical (unpaired) electrons. The first-order valence-electron chi connectivity index (χ1n) is 9.23. The van der Waals surface area contributed by atoms with Crippen molar-refractivity contribution in [3.8, 4) is 0 Å². The largest absolute Gasteiger partial charge is 0.465 e. The summed E-state index contributed by atoms with van der Waals surface area (Å²) < 4.78 is 36.6. The molecule has 1 saturated heterocycles. The Balaban J connectivity index is 1.67. The number of hydrogen-bond acceptors (Lipinski definition) is 8. The van der Waals surface area contributed by atoms with Gasteiger partial charge >= 0.3 is 5.97 Å². The predicted molar refractivity (Wildman–Crippen MR) is 110 cm³/mol. The number of thioether (sulfide) groups is 1. The van der Waals surface area contributed by atoms with E-state index >= 15 is 0 Å². The van der Waals surface area contributed by atoms with Gasteiger partial charge in [-0.05, 0) is 31.5 Å². The van der Waals surface area contributed by atoms with Crippen LogP contribution in [0.1, 0.15) is 32.1 Å². The second-order valence-corrected chi connectivity index (χ2v) is 9.61. The zero-order valence-electron chi connectivity index (χ0n) is 16.9. The van der Waals surface area contributed by atoms with Crippen LogP contribution in [-0.2, 0) is 19.5 Å². The zero-order chi connectivity index (χ0) is 21.9. The molecule has 9 nitrogen and oxygen atoms in total. The number of aryl methyl sites for hydroxylation is 1. The highest BCUT2D eigenvalue weighted by atomic mass is 32.2. The first-order valence-corrected chi connectivity index (χ1v) is 11.7. The van der Waals surface area contributed by atoms with Crippen LogP contribution >= 0.6 is 11.8 Å². The molecule has 11 heteroatoms. The van der Waals surface area contributed by atoms with Crippen LogP contribution in [0.5, 0.6) is 0 Å². The van der Waals surface area contributed by atoms with E-state index in [4.69, 9.17) is 9.47 Å². The Bertz CT molecular complexity index is 1040. The summed E-state index contributed by atoms with van der Waals surface area (Å²) in [5, 5.41) is 0.526. The molecule has 2 aromatic heterocycles. The van der Waals surface area contributed by atoms with Crippen LogP contribution in [0.3, 0.4) is 0 Å². The van der Waals surface area contributed by atoms with Gasteiger partial charge in [-0.2, -0.15) is 4.31 Å². The summed E-state index contributed by atoms with van der Waals surface area (Å²) in [5.41, 5.74) is 1.84. The number of Topliss-reactive ketones (excluding diaryl/α,β-unsaturated/α-hetero) is 1. The van der Waals surface area contributed by atoms with Crippen molar-refractivity contribution in [2.45, 2.75) is 23.8 Å². The van der Waals surface area contributed by atoms with E-state index in [1.54, 1.807) is 19.9 Å². The second kappa shape index (κ2) is 9.29. The van der Waals surface area contributed by atoms with Crippen molar-refractivity contribution in [1.29, 1.82) is 0 Å². The van der Waals surface area contributed by atoms with Crippen molar-refractivity contribution in [3.63, 3.8) is 0 Å². The molecule has 0 amide bonds. The van der Waals surface area contributed by atoms with Gasteiger partial charge in [-0.25, -0.2) is 18.2 Å². The number of rotatable bonds is 7. The average Bonchev–Trinajstić information content (AvgIpc) is 3.06. The Morgan fingerprint density at radius 3 is 2.57 bits per heavy atom. The third-order valence-corrected chi connectivity index (χ3v) is 7.60. The maximum Gasteiger partial charge on any atom is 0.339 e. The first-order chi connectivity index (χ1) is 14.3. The third-order valence-electron chi connectivity index (χ3n) is 4.77. The molecule has 162 valence electrons. The van der Waals surface area contributed by atoms with E-state index in [0.29, 0.717) is 53.8 Å².